The maximum absolute atomic E-state index is 13.3. The van der Waals surface area contributed by atoms with Gasteiger partial charge >= 0.3 is 0 Å². The molecule has 1 aromatic heterocycles. The minimum absolute atomic E-state index is 0.0548. The lowest BCUT2D eigenvalue weighted by Gasteiger charge is -2.12. The Morgan fingerprint density at radius 3 is 2.44 bits per heavy atom. The predicted octanol–water partition coefficient (Wildman–Crippen LogP) is 4.82. The van der Waals surface area contributed by atoms with E-state index >= 15 is 0 Å². The second-order valence-electron chi connectivity index (χ2n) is 6.88. The number of benzene rings is 2. The van der Waals surface area contributed by atoms with Crippen LogP contribution in [0.15, 0.2) is 48.5 Å². The molecule has 5 heteroatoms. The summed E-state index contributed by atoms with van der Waals surface area (Å²) >= 11 is 0. The van der Waals surface area contributed by atoms with Crippen LogP contribution in [-0.2, 0) is 0 Å². The van der Waals surface area contributed by atoms with Crippen LogP contribution in [0.25, 0.3) is 16.9 Å². The Balaban J connectivity index is 2.09. The number of hydrogen-bond acceptors (Lipinski definition) is 2. The highest BCUT2D eigenvalue weighted by molar-refractivity contribution is 5.94. The summed E-state index contributed by atoms with van der Waals surface area (Å²) in [6, 6.07) is 13.9. The summed E-state index contributed by atoms with van der Waals surface area (Å²) in [4.78, 5) is 12.8. The van der Waals surface area contributed by atoms with E-state index in [2.05, 4.69) is 23.4 Å². The summed E-state index contributed by atoms with van der Waals surface area (Å²) in [5.74, 6) is -0.526. The zero-order valence-electron chi connectivity index (χ0n) is 16.1. The zero-order valence-corrected chi connectivity index (χ0v) is 16.1. The minimum Gasteiger partial charge on any atom is -0.348 e. The van der Waals surface area contributed by atoms with Gasteiger partial charge in [0.05, 0.1) is 11.4 Å². The second kappa shape index (κ2) is 7.74. The predicted molar refractivity (Wildman–Crippen MR) is 106 cm³/mol. The maximum atomic E-state index is 13.3. The molecular weight excluding hydrogens is 341 g/mol. The Labute approximate surface area is 159 Å². The third kappa shape index (κ3) is 4.08. The summed E-state index contributed by atoms with van der Waals surface area (Å²) < 4.78 is 14.9. The van der Waals surface area contributed by atoms with Crippen molar-refractivity contribution < 1.29 is 9.18 Å². The van der Waals surface area contributed by atoms with Gasteiger partial charge in [-0.25, -0.2) is 9.07 Å². The van der Waals surface area contributed by atoms with Crippen LogP contribution in [0, 0.1) is 19.7 Å². The van der Waals surface area contributed by atoms with Crippen molar-refractivity contribution in [1.82, 2.24) is 15.1 Å². The van der Waals surface area contributed by atoms with Gasteiger partial charge in [-0.1, -0.05) is 19.1 Å². The van der Waals surface area contributed by atoms with E-state index in [4.69, 9.17) is 0 Å². The van der Waals surface area contributed by atoms with Crippen LogP contribution in [0.2, 0.25) is 0 Å². The van der Waals surface area contributed by atoms with E-state index < -0.39 is 0 Å². The van der Waals surface area contributed by atoms with Crippen LogP contribution in [0.1, 0.15) is 41.9 Å². The van der Waals surface area contributed by atoms with Crippen LogP contribution in [-0.4, -0.2) is 21.7 Å². The Kier molecular flexibility index (Phi) is 5.40. The lowest BCUT2D eigenvalue weighted by Crippen LogP contribution is -2.33. The summed E-state index contributed by atoms with van der Waals surface area (Å²) in [5.41, 5.74) is 5.07. The van der Waals surface area contributed by atoms with Gasteiger partial charge in [0.25, 0.3) is 5.91 Å². The Bertz CT molecular complexity index is 960. The van der Waals surface area contributed by atoms with Crippen LogP contribution in [0.4, 0.5) is 4.39 Å². The third-order valence-corrected chi connectivity index (χ3v) is 4.81. The smallest absolute Gasteiger partial charge is 0.270 e. The van der Waals surface area contributed by atoms with E-state index in [-0.39, 0.29) is 17.8 Å². The van der Waals surface area contributed by atoms with Crippen LogP contribution >= 0.6 is 0 Å². The summed E-state index contributed by atoms with van der Waals surface area (Å²) in [6.45, 7) is 8.08. The van der Waals surface area contributed by atoms with Gasteiger partial charge in [0.2, 0.25) is 0 Å². The van der Waals surface area contributed by atoms with E-state index in [0.29, 0.717) is 17.1 Å². The molecule has 0 aliphatic heterocycles. The van der Waals surface area contributed by atoms with Crippen molar-refractivity contribution in [2.75, 3.05) is 0 Å². The van der Waals surface area contributed by atoms with Gasteiger partial charge in [-0.15, -0.1) is 0 Å². The second-order valence-corrected chi connectivity index (χ2v) is 6.88. The van der Waals surface area contributed by atoms with E-state index in [1.54, 1.807) is 22.9 Å². The molecule has 1 N–H and O–H groups in total. The topological polar surface area (TPSA) is 46.9 Å². The van der Waals surface area contributed by atoms with Crippen molar-refractivity contribution in [2.45, 2.75) is 40.2 Å². The quantitative estimate of drug-likeness (QED) is 0.704. The van der Waals surface area contributed by atoms with Gasteiger partial charge < -0.3 is 5.32 Å². The molecule has 2 aromatic carbocycles. The Hall–Kier alpha value is -2.95. The number of nitrogens with one attached hydrogen (secondary N) is 1. The molecule has 0 spiro atoms. The standard InChI is InChI=1S/C22H24FN3O/c1-5-16(4)24-22(27)21-13-20(17-7-6-14(2)15(3)12-17)25-26(21)19-10-8-18(23)9-11-19/h6-13,16H,5H2,1-4H3,(H,24,27)/t16-/m1/s1. The van der Waals surface area contributed by atoms with Crippen molar-refractivity contribution >= 4 is 5.91 Å². The number of hydrogen-bond donors (Lipinski definition) is 1. The molecule has 27 heavy (non-hydrogen) atoms. The first-order valence-corrected chi connectivity index (χ1v) is 9.13. The molecule has 0 radical (unpaired) electrons. The third-order valence-electron chi connectivity index (χ3n) is 4.81. The molecule has 4 nitrogen and oxygen atoms in total. The van der Waals surface area contributed by atoms with Gasteiger partial charge in [0.1, 0.15) is 11.5 Å². The number of halogens is 1. The largest absolute Gasteiger partial charge is 0.348 e. The molecule has 0 unspecified atom stereocenters. The molecule has 3 rings (SSSR count). The molecule has 0 bridgehead atoms. The first kappa shape index (κ1) is 18.8. The van der Waals surface area contributed by atoms with Gasteiger partial charge in [-0.05, 0) is 74.7 Å². The molecule has 1 amide bonds. The van der Waals surface area contributed by atoms with Gasteiger partial charge in [-0.2, -0.15) is 5.10 Å². The number of nitrogens with zero attached hydrogens (tertiary/aromatic N) is 2. The average Bonchev–Trinajstić information content (AvgIpc) is 3.10. The lowest BCUT2D eigenvalue weighted by atomic mass is 10.0. The molecule has 3 aromatic rings. The minimum atomic E-state index is -0.328. The normalized spacial score (nSPS) is 12.0. The first-order chi connectivity index (χ1) is 12.9. The highest BCUT2D eigenvalue weighted by Gasteiger charge is 2.19. The molecule has 0 fully saturated rings. The molecule has 0 saturated carbocycles. The molecule has 1 heterocycles. The number of amides is 1. The summed E-state index contributed by atoms with van der Waals surface area (Å²) in [6.07, 6.45) is 0.834. The Morgan fingerprint density at radius 2 is 1.81 bits per heavy atom. The van der Waals surface area contributed by atoms with Crippen LogP contribution in [0.5, 0.6) is 0 Å². The molecule has 0 aliphatic rings. The lowest BCUT2D eigenvalue weighted by molar-refractivity contribution is 0.0931. The van der Waals surface area contributed by atoms with Crippen LogP contribution in [0.3, 0.4) is 0 Å². The van der Waals surface area contributed by atoms with E-state index in [0.717, 1.165) is 17.5 Å². The van der Waals surface area contributed by atoms with Gasteiger partial charge in [0, 0.05) is 11.6 Å². The number of aromatic nitrogens is 2. The number of carbonyl (C=O) groups excluding carboxylic acids is 1. The van der Waals surface area contributed by atoms with Crippen molar-refractivity contribution in [3.63, 3.8) is 0 Å². The van der Waals surface area contributed by atoms with Crippen LogP contribution < -0.4 is 5.32 Å². The van der Waals surface area contributed by atoms with Crippen molar-refractivity contribution in [3.05, 3.63) is 71.2 Å². The number of carbonyl (C=O) groups is 1. The van der Waals surface area contributed by atoms with E-state index in [1.165, 1.54) is 17.7 Å². The Morgan fingerprint density at radius 1 is 1.11 bits per heavy atom. The van der Waals surface area contributed by atoms with E-state index in [9.17, 15) is 9.18 Å². The summed E-state index contributed by atoms with van der Waals surface area (Å²) in [5, 5.41) is 7.62. The average molecular weight is 365 g/mol. The summed E-state index contributed by atoms with van der Waals surface area (Å²) in [7, 11) is 0. The number of aryl methyl sites for hydroxylation is 2. The SMILES string of the molecule is CC[C@@H](C)NC(=O)c1cc(-c2ccc(C)c(C)c2)nn1-c1ccc(F)cc1. The molecule has 0 aliphatic carbocycles. The first-order valence-electron chi connectivity index (χ1n) is 9.13. The highest BCUT2D eigenvalue weighted by Crippen LogP contribution is 2.24. The van der Waals surface area contributed by atoms with Gasteiger partial charge in [-0.3, -0.25) is 4.79 Å². The molecule has 1 atom stereocenters. The fourth-order valence-corrected chi connectivity index (χ4v) is 2.76. The monoisotopic (exact) mass is 365 g/mol. The van der Waals surface area contributed by atoms with Crippen molar-refractivity contribution in [3.8, 4) is 16.9 Å². The fourth-order valence-electron chi connectivity index (χ4n) is 2.76. The van der Waals surface area contributed by atoms with Crippen molar-refractivity contribution in [2.24, 2.45) is 0 Å². The maximum Gasteiger partial charge on any atom is 0.270 e. The highest BCUT2D eigenvalue weighted by atomic mass is 19.1. The number of rotatable bonds is 5. The molecule has 140 valence electrons. The van der Waals surface area contributed by atoms with Crippen molar-refractivity contribution in [1.29, 1.82) is 0 Å². The van der Waals surface area contributed by atoms with Gasteiger partial charge in [0.15, 0.2) is 0 Å². The fraction of sp³-hybridized carbons (Fsp3) is 0.273. The molecular formula is C22H24FN3O. The molecule has 0 saturated heterocycles. The van der Waals surface area contributed by atoms with E-state index in [1.807, 2.05) is 32.9 Å². The zero-order chi connectivity index (χ0) is 19.6.